The van der Waals surface area contributed by atoms with E-state index in [2.05, 4.69) is 26.0 Å². The Bertz CT molecular complexity index is 614. The molecule has 2 rings (SSSR count). The van der Waals surface area contributed by atoms with Gasteiger partial charge in [0.1, 0.15) is 11.3 Å². The van der Waals surface area contributed by atoms with Crippen LogP contribution in [-0.2, 0) is 4.74 Å². The summed E-state index contributed by atoms with van der Waals surface area (Å²) in [5.41, 5.74) is -0.787. The molecule has 106 valence electrons. The quantitative estimate of drug-likeness (QED) is 0.798. The highest BCUT2D eigenvalue weighted by atomic mass is 79.9. The molecule has 0 aliphatic heterocycles. The number of rotatable bonds is 4. The maximum absolute atomic E-state index is 13.2. The molecule has 0 radical (unpaired) electrons. The Morgan fingerprint density at radius 2 is 2.20 bits per heavy atom. The summed E-state index contributed by atoms with van der Waals surface area (Å²) in [4.78, 5) is 15.6. The van der Waals surface area contributed by atoms with Crippen molar-refractivity contribution in [2.45, 2.75) is 13.3 Å². The van der Waals surface area contributed by atoms with E-state index in [0.717, 1.165) is 10.9 Å². The second kappa shape index (κ2) is 6.08. The number of aromatic nitrogens is 3. The van der Waals surface area contributed by atoms with E-state index in [1.54, 1.807) is 13.0 Å². The average molecular weight is 346 g/mol. The number of ether oxygens (including phenoxy) is 1. The number of nitrogens with zero attached hydrogens (tertiary/aromatic N) is 3. The first kappa shape index (κ1) is 14.6. The van der Waals surface area contributed by atoms with Crippen molar-refractivity contribution in [2.75, 3.05) is 6.61 Å². The Morgan fingerprint density at radius 3 is 2.75 bits per heavy atom. The van der Waals surface area contributed by atoms with Crippen LogP contribution in [0.25, 0.3) is 5.82 Å². The van der Waals surface area contributed by atoms with Gasteiger partial charge in [-0.15, -0.1) is 0 Å². The first-order valence-corrected chi connectivity index (χ1v) is 6.49. The van der Waals surface area contributed by atoms with E-state index in [1.807, 2.05) is 0 Å². The lowest BCUT2D eigenvalue weighted by atomic mass is 10.2. The topological polar surface area (TPSA) is 57.0 Å². The molecule has 0 atom stereocenters. The highest BCUT2D eigenvalue weighted by Gasteiger charge is 2.26. The van der Waals surface area contributed by atoms with Gasteiger partial charge in [-0.2, -0.15) is 5.10 Å². The van der Waals surface area contributed by atoms with Gasteiger partial charge in [0.25, 0.3) is 6.43 Å². The fraction of sp³-hybridized carbons (Fsp3) is 0.250. The standard InChI is InChI=1S/C12H10BrF2N3O2/c1-2-20-12(19)8-6-17-18(10(8)11(14)15)9-4-3-7(13)5-16-9/h3-6,11H,2H2,1H3. The molecule has 2 aromatic rings. The lowest BCUT2D eigenvalue weighted by molar-refractivity contribution is 0.0514. The zero-order valence-electron chi connectivity index (χ0n) is 10.4. The molecule has 20 heavy (non-hydrogen) atoms. The largest absolute Gasteiger partial charge is 0.462 e. The van der Waals surface area contributed by atoms with E-state index in [0.29, 0.717) is 4.47 Å². The maximum Gasteiger partial charge on any atom is 0.341 e. The molecule has 0 aliphatic carbocycles. The molecule has 0 unspecified atom stereocenters. The zero-order valence-corrected chi connectivity index (χ0v) is 12.0. The number of hydrogen-bond acceptors (Lipinski definition) is 4. The van der Waals surface area contributed by atoms with Gasteiger partial charge in [0.05, 0.1) is 12.8 Å². The van der Waals surface area contributed by atoms with Gasteiger partial charge in [-0.05, 0) is 35.0 Å². The summed E-state index contributed by atoms with van der Waals surface area (Å²) in [5.74, 6) is -0.634. The van der Waals surface area contributed by atoms with E-state index in [4.69, 9.17) is 4.74 Å². The normalized spacial score (nSPS) is 10.8. The summed E-state index contributed by atoms with van der Waals surface area (Å²) < 4.78 is 32.7. The van der Waals surface area contributed by atoms with Crippen LogP contribution in [0.2, 0.25) is 0 Å². The van der Waals surface area contributed by atoms with Crippen molar-refractivity contribution in [3.63, 3.8) is 0 Å². The predicted molar refractivity (Wildman–Crippen MR) is 70.0 cm³/mol. The summed E-state index contributed by atoms with van der Waals surface area (Å²) >= 11 is 3.20. The third-order valence-electron chi connectivity index (χ3n) is 2.44. The number of carbonyl (C=O) groups excluding carboxylic acids is 1. The average Bonchev–Trinajstić information content (AvgIpc) is 2.84. The van der Waals surface area contributed by atoms with Crippen LogP contribution in [-0.4, -0.2) is 27.3 Å². The van der Waals surface area contributed by atoms with Crippen molar-refractivity contribution < 1.29 is 18.3 Å². The summed E-state index contributed by atoms with van der Waals surface area (Å²) in [5, 5.41) is 3.80. The minimum Gasteiger partial charge on any atom is -0.462 e. The van der Waals surface area contributed by atoms with Crippen molar-refractivity contribution in [3.05, 3.63) is 40.3 Å². The summed E-state index contributed by atoms with van der Waals surface area (Å²) in [7, 11) is 0. The first-order valence-electron chi connectivity index (χ1n) is 5.69. The number of alkyl halides is 2. The molecule has 2 aromatic heterocycles. The Hall–Kier alpha value is -1.83. The summed E-state index contributed by atoms with van der Waals surface area (Å²) in [6.07, 6.45) is -0.359. The highest BCUT2D eigenvalue weighted by Crippen LogP contribution is 2.26. The van der Waals surface area contributed by atoms with Gasteiger partial charge in [-0.3, -0.25) is 0 Å². The molecular weight excluding hydrogens is 336 g/mol. The van der Waals surface area contributed by atoms with Gasteiger partial charge >= 0.3 is 5.97 Å². The van der Waals surface area contributed by atoms with E-state index < -0.39 is 18.1 Å². The monoisotopic (exact) mass is 345 g/mol. The van der Waals surface area contributed by atoms with Crippen molar-refractivity contribution in [1.82, 2.24) is 14.8 Å². The van der Waals surface area contributed by atoms with Crippen LogP contribution in [0.4, 0.5) is 8.78 Å². The molecule has 0 aliphatic rings. The van der Waals surface area contributed by atoms with Crippen molar-refractivity contribution >= 4 is 21.9 Å². The molecule has 0 aromatic carbocycles. The lowest BCUT2D eigenvalue weighted by Gasteiger charge is -2.07. The Labute approximate surface area is 121 Å². The molecule has 0 spiro atoms. The van der Waals surface area contributed by atoms with Gasteiger partial charge in [-0.25, -0.2) is 23.2 Å². The molecule has 0 N–H and O–H groups in total. The smallest absolute Gasteiger partial charge is 0.341 e. The van der Waals surface area contributed by atoms with Gasteiger partial charge in [0.2, 0.25) is 0 Å². The molecule has 0 fully saturated rings. The molecular formula is C12H10BrF2N3O2. The number of hydrogen-bond donors (Lipinski definition) is 0. The van der Waals surface area contributed by atoms with Crippen molar-refractivity contribution in [2.24, 2.45) is 0 Å². The second-order valence-corrected chi connectivity index (χ2v) is 4.63. The third kappa shape index (κ3) is 2.84. The van der Waals surface area contributed by atoms with Crippen LogP contribution < -0.4 is 0 Å². The Kier molecular flexibility index (Phi) is 4.43. The number of esters is 1. The fourth-order valence-corrected chi connectivity index (χ4v) is 1.84. The highest BCUT2D eigenvalue weighted by molar-refractivity contribution is 9.10. The molecule has 0 amide bonds. The molecule has 0 saturated carbocycles. The van der Waals surface area contributed by atoms with E-state index in [1.165, 1.54) is 12.3 Å². The molecule has 0 saturated heterocycles. The third-order valence-corrected chi connectivity index (χ3v) is 2.91. The summed E-state index contributed by atoms with van der Waals surface area (Å²) in [6, 6.07) is 3.15. The van der Waals surface area contributed by atoms with Gasteiger partial charge in [0, 0.05) is 10.7 Å². The first-order chi connectivity index (χ1) is 9.54. The van der Waals surface area contributed by atoms with Crippen LogP contribution in [0.15, 0.2) is 29.0 Å². The van der Waals surface area contributed by atoms with Gasteiger partial charge in [-0.1, -0.05) is 0 Å². The Morgan fingerprint density at radius 1 is 1.45 bits per heavy atom. The van der Waals surface area contributed by atoms with E-state index in [9.17, 15) is 13.6 Å². The zero-order chi connectivity index (χ0) is 14.7. The summed E-state index contributed by atoms with van der Waals surface area (Å²) in [6.45, 7) is 1.70. The predicted octanol–water partition coefficient (Wildman–Crippen LogP) is 3.14. The minimum atomic E-state index is -2.87. The second-order valence-electron chi connectivity index (χ2n) is 3.71. The van der Waals surface area contributed by atoms with E-state index >= 15 is 0 Å². The van der Waals surface area contributed by atoms with E-state index in [-0.39, 0.29) is 18.0 Å². The van der Waals surface area contributed by atoms with Crippen LogP contribution in [0.1, 0.15) is 29.4 Å². The Balaban J connectivity index is 2.49. The number of halogens is 3. The van der Waals surface area contributed by atoms with Crippen LogP contribution in [0, 0.1) is 0 Å². The van der Waals surface area contributed by atoms with Crippen molar-refractivity contribution in [1.29, 1.82) is 0 Å². The molecule has 8 heteroatoms. The number of pyridine rings is 1. The number of carbonyl (C=O) groups is 1. The fourth-order valence-electron chi connectivity index (χ4n) is 1.61. The maximum atomic E-state index is 13.2. The van der Waals surface area contributed by atoms with Crippen LogP contribution >= 0.6 is 15.9 Å². The van der Waals surface area contributed by atoms with Gasteiger partial charge in [0.15, 0.2) is 5.82 Å². The molecule has 2 heterocycles. The van der Waals surface area contributed by atoms with Gasteiger partial charge < -0.3 is 4.74 Å². The molecule has 0 bridgehead atoms. The minimum absolute atomic E-state index is 0.100. The van der Waals surface area contributed by atoms with Crippen LogP contribution in [0.3, 0.4) is 0 Å². The van der Waals surface area contributed by atoms with Crippen molar-refractivity contribution in [3.8, 4) is 5.82 Å². The SMILES string of the molecule is CCOC(=O)c1cnn(-c2ccc(Br)cn2)c1C(F)F. The molecule has 5 nitrogen and oxygen atoms in total. The van der Waals surface area contributed by atoms with Crippen LogP contribution in [0.5, 0.6) is 0 Å². The lowest BCUT2D eigenvalue weighted by Crippen LogP contribution is -2.10.